The van der Waals surface area contributed by atoms with Gasteiger partial charge in [0.2, 0.25) is 11.7 Å². The van der Waals surface area contributed by atoms with Crippen molar-refractivity contribution in [1.29, 1.82) is 0 Å². The van der Waals surface area contributed by atoms with Gasteiger partial charge in [-0.25, -0.2) is 0 Å². The van der Waals surface area contributed by atoms with Gasteiger partial charge < -0.3 is 9.84 Å². The van der Waals surface area contributed by atoms with Crippen molar-refractivity contribution in [2.75, 3.05) is 20.1 Å². The van der Waals surface area contributed by atoms with Crippen LogP contribution in [0.5, 0.6) is 0 Å². The quantitative estimate of drug-likeness (QED) is 0.650. The van der Waals surface area contributed by atoms with E-state index in [1.807, 2.05) is 6.08 Å². The van der Waals surface area contributed by atoms with Gasteiger partial charge in [-0.1, -0.05) is 23.9 Å². The Labute approximate surface area is 107 Å². The zero-order valence-corrected chi connectivity index (χ0v) is 10.6. The maximum absolute atomic E-state index is 5.35. The number of allylic oxidation sites excluding steroid dienone is 3. The number of aliphatic imine (C=N–C) groups is 1. The molecule has 1 aliphatic heterocycles. The maximum Gasteiger partial charge on any atom is 0.230 e. The lowest BCUT2D eigenvalue weighted by molar-refractivity contribution is 0.319. The van der Waals surface area contributed by atoms with E-state index in [0.29, 0.717) is 11.7 Å². The van der Waals surface area contributed by atoms with E-state index in [1.165, 1.54) is 0 Å². The lowest BCUT2D eigenvalue weighted by Crippen LogP contribution is -2.26. The van der Waals surface area contributed by atoms with Crippen molar-refractivity contribution < 1.29 is 4.52 Å². The van der Waals surface area contributed by atoms with Gasteiger partial charge in [-0.2, -0.15) is 4.98 Å². The summed E-state index contributed by atoms with van der Waals surface area (Å²) < 4.78 is 5.35. The van der Waals surface area contributed by atoms with Crippen LogP contribution in [-0.2, 0) is 0 Å². The average Bonchev–Trinajstić information content (AvgIpc) is 2.89. The summed E-state index contributed by atoms with van der Waals surface area (Å²) in [4.78, 5) is 8.44. The number of aromatic nitrogens is 2. The van der Waals surface area contributed by atoms with E-state index in [4.69, 9.17) is 4.52 Å². The third-order valence-corrected chi connectivity index (χ3v) is 2.95. The molecule has 1 fully saturated rings. The summed E-state index contributed by atoms with van der Waals surface area (Å²) in [7, 11) is 1.71. The third kappa shape index (κ3) is 2.92. The Morgan fingerprint density at radius 3 is 2.94 bits per heavy atom. The molecule has 0 bridgehead atoms. The van der Waals surface area contributed by atoms with Crippen molar-refractivity contribution in [3.63, 3.8) is 0 Å². The van der Waals surface area contributed by atoms with E-state index < -0.39 is 0 Å². The summed E-state index contributed by atoms with van der Waals surface area (Å²) in [5, 5.41) is 7.33. The fraction of sp³-hybridized carbons (Fsp3) is 0.462. The molecular weight excluding hydrogens is 228 g/mol. The second-order valence-electron chi connectivity index (χ2n) is 4.23. The number of piperidine rings is 1. The fourth-order valence-electron chi connectivity index (χ4n) is 2.03. The second-order valence-corrected chi connectivity index (χ2v) is 4.23. The highest BCUT2D eigenvalue weighted by Crippen LogP contribution is 2.24. The molecule has 0 aromatic carbocycles. The number of hydrogen-bond donors (Lipinski definition) is 1. The van der Waals surface area contributed by atoms with Crippen LogP contribution < -0.4 is 5.32 Å². The zero-order chi connectivity index (χ0) is 12.8. The predicted octanol–water partition coefficient (Wildman–Crippen LogP) is 1.81. The molecule has 1 aromatic heterocycles. The highest BCUT2D eigenvalue weighted by atomic mass is 16.5. The van der Waals surface area contributed by atoms with Gasteiger partial charge in [0, 0.05) is 24.8 Å². The standard InChI is InChI=1S/C13H18N4O/c1-3-4-11(9-14-2)12-16-13(18-17-12)10-5-7-15-8-6-10/h3-4,9-10,15H,1,5-8H2,2H3/b11-4+,14-9?. The number of hydrogen-bond acceptors (Lipinski definition) is 5. The molecule has 0 radical (unpaired) electrons. The van der Waals surface area contributed by atoms with Gasteiger partial charge in [-0.15, -0.1) is 0 Å². The van der Waals surface area contributed by atoms with Crippen molar-refractivity contribution in [3.8, 4) is 0 Å². The lowest BCUT2D eigenvalue weighted by Gasteiger charge is -2.18. The minimum absolute atomic E-state index is 0.371. The highest BCUT2D eigenvalue weighted by Gasteiger charge is 2.21. The Kier molecular flexibility index (Phi) is 4.41. The minimum atomic E-state index is 0.371. The maximum atomic E-state index is 5.35. The number of rotatable bonds is 4. The minimum Gasteiger partial charge on any atom is -0.339 e. The molecule has 2 heterocycles. The van der Waals surface area contributed by atoms with Crippen LogP contribution in [0.2, 0.25) is 0 Å². The summed E-state index contributed by atoms with van der Waals surface area (Å²) in [5.74, 6) is 1.68. The molecule has 0 saturated carbocycles. The Morgan fingerprint density at radius 2 is 2.28 bits per heavy atom. The molecule has 5 heteroatoms. The Bertz CT molecular complexity index is 455. The summed E-state index contributed by atoms with van der Waals surface area (Å²) in [5.41, 5.74) is 0.816. The molecule has 5 nitrogen and oxygen atoms in total. The van der Waals surface area contributed by atoms with Gasteiger partial charge in [0.25, 0.3) is 0 Å². The van der Waals surface area contributed by atoms with E-state index >= 15 is 0 Å². The van der Waals surface area contributed by atoms with Gasteiger partial charge in [-0.3, -0.25) is 4.99 Å². The van der Waals surface area contributed by atoms with Crippen molar-refractivity contribution in [2.45, 2.75) is 18.8 Å². The molecule has 1 saturated heterocycles. The van der Waals surface area contributed by atoms with Crippen LogP contribution in [-0.4, -0.2) is 36.5 Å². The van der Waals surface area contributed by atoms with Gasteiger partial charge in [0.05, 0.1) is 0 Å². The van der Waals surface area contributed by atoms with Gasteiger partial charge in [0.1, 0.15) is 0 Å². The van der Waals surface area contributed by atoms with E-state index in [9.17, 15) is 0 Å². The van der Waals surface area contributed by atoms with E-state index in [-0.39, 0.29) is 0 Å². The average molecular weight is 246 g/mol. The molecule has 2 rings (SSSR count). The van der Waals surface area contributed by atoms with Crippen LogP contribution in [0.4, 0.5) is 0 Å². The summed E-state index contributed by atoms with van der Waals surface area (Å²) >= 11 is 0. The van der Waals surface area contributed by atoms with Crippen LogP contribution in [0.3, 0.4) is 0 Å². The van der Waals surface area contributed by atoms with Gasteiger partial charge in [0.15, 0.2) is 0 Å². The first kappa shape index (κ1) is 12.7. The zero-order valence-electron chi connectivity index (χ0n) is 10.6. The summed E-state index contributed by atoms with van der Waals surface area (Å²) in [6.45, 7) is 5.69. The molecule has 0 aliphatic carbocycles. The Balaban J connectivity index is 2.17. The molecule has 0 amide bonds. The van der Waals surface area contributed by atoms with E-state index in [0.717, 1.165) is 37.4 Å². The fourth-order valence-corrected chi connectivity index (χ4v) is 2.03. The first-order chi connectivity index (χ1) is 8.85. The molecule has 1 N–H and O–H groups in total. The largest absolute Gasteiger partial charge is 0.339 e. The second kappa shape index (κ2) is 6.26. The SMILES string of the molecule is C=C/C=C(\C=NC)c1noc(C2CCNCC2)n1. The molecule has 0 unspecified atom stereocenters. The summed E-state index contributed by atoms with van der Waals surface area (Å²) in [6, 6.07) is 0. The first-order valence-electron chi connectivity index (χ1n) is 6.14. The molecule has 1 aliphatic rings. The normalized spacial score (nSPS) is 18.4. The van der Waals surface area contributed by atoms with Crippen LogP contribution in [0.1, 0.15) is 30.5 Å². The smallest absolute Gasteiger partial charge is 0.230 e. The van der Waals surface area contributed by atoms with Crippen LogP contribution in [0, 0.1) is 0 Å². The van der Waals surface area contributed by atoms with Crippen molar-refractivity contribution in [3.05, 3.63) is 30.4 Å². The van der Waals surface area contributed by atoms with Crippen LogP contribution >= 0.6 is 0 Å². The van der Waals surface area contributed by atoms with Crippen LogP contribution in [0.25, 0.3) is 5.57 Å². The monoisotopic (exact) mass is 246 g/mol. The van der Waals surface area contributed by atoms with E-state index in [2.05, 4.69) is 27.0 Å². The molecule has 96 valence electrons. The van der Waals surface area contributed by atoms with E-state index in [1.54, 1.807) is 19.3 Å². The number of nitrogens with one attached hydrogen (secondary N) is 1. The third-order valence-electron chi connectivity index (χ3n) is 2.95. The topological polar surface area (TPSA) is 63.3 Å². The predicted molar refractivity (Wildman–Crippen MR) is 71.7 cm³/mol. The van der Waals surface area contributed by atoms with Crippen molar-refractivity contribution in [1.82, 2.24) is 15.5 Å². The molecular formula is C13H18N4O. The Morgan fingerprint density at radius 1 is 1.50 bits per heavy atom. The van der Waals surface area contributed by atoms with Crippen molar-refractivity contribution in [2.24, 2.45) is 4.99 Å². The number of nitrogens with zero attached hydrogens (tertiary/aromatic N) is 3. The van der Waals surface area contributed by atoms with Gasteiger partial charge >= 0.3 is 0 Å². The first-order valence-corrected chi connectivity index (χ1v) is 6.14. The highest BCUT2D eigenvalue weighted by molar-refractivity contribution is 6.08. The Hall–Kier alpha value is -1.75. The van der Waals surface area contributed by atoms with Crippen LogP contribution in [0.15, 0.2) is 28.2 Å². The summed E-state index contributed by atoms with van der Waals surface area (Å²) in [6.07, 6.45) is 7.31. The lowest BCUT2D eigenvalue weighted by atomic mass is 9.98. The molecule has 0 atom stereocenters. The van der Waals surface area contributed by atoms with Gasteiger partial charge in [-0.05, 0) is 25.9 Å². The molecule has 18 heavy (non-hydrogen) atoms. The molecule has 0 spiro atoms. The molecule has 1 aromatic rings. The van der Waals surface area contributed by atoms with Crippen molar-refractivity contribution >= 4 is 11.8 Å².